The lowest BCUT2D eigenvalue weighted by molar-refractivity contribution is -0.133. The Bertz CT molecular complexity index is 328. The van der Waals surface area contributed by atoms with Gasteiger partial charge in [-0.05, 0) is 32.4 Å². The molecule has 0 saturated carbocycles. The number of piperidine rings is 1. The van der Waals surface area contributed by atoms with Gasteiger partial charge in [-0.25, -0.2) is 0 Å². The predicted octanol–water partition coefficient (Wildman–Crippen LogP) is -0.0216. The third kappa shape index (κ3) is 3.51. The third-order valence-corrected chi connectivity index (χ3v) is 4.97. The van der Waals surface area contributed by atoms with Crippen LogP contribution in [0.25, 0.3) is 0 Å². The molecule has 0 aromatic carbocycles. The first-order valence-electron chi connectivity index (χ1n) is 8.28. The Balaban J connectivity index is 1.48. The molecule has 0 spiro atoms. The summed E-state index contributed by atoms with van der Waals surface area (Å²) in [5, 5.41) is 3.36. The molecule has 5 nitrogen and oxygen atoms in total. The standard InChI is InChI=1S/C15H28N4O/c20-15(19-8-3-5-16-6-9-19)13-17-10-11-18-7-2-1-4-14(18)12-17/h14,16H,1-13H2. The molecule has 3 aliphatic rings. The van der Waals surface area contributed by atoms with Crippen molar-refractivity contribution in [2.45, 2.75) is 31.7 Å². The zero-order chi connectivity index (χ0) is 13.8. The highest BCUT2D eigenvalue weighted by molar-refractivity contribution is 5.78. The van der Waals surface area contributed by atoms with Gasteiger partial charge in [0, 0.05) is 45.3 Å². The van der Waals surface area contributed by atoms with Gasteiger partial charge < -0.3 is 10.2 Å². The second-order valence-corrected chi connectivity index (χ2v) is 6.41. The maximum absolute atomic E-state index is 12.4. The molecule has 3 saturated heterocycles. The van der Waals surface area contributed by atoms with Crippen LogP contribution in [0.5, 0.6) is 0 Å². The minimum atomic E-state index is 0.331. The van der Waals surface area contributed by atoms with E-state index in [1.54, 1.807) is 0 Å². The van der Waals surface area contributed by atoms with E-state index in [9.17, 15) is 4.79 Å². The Morgan fingerprint density at radius 3 is 2.90 bits per heavy atom. The van der Waals surface area contributed by atoms with Crippen molar-refractivity contribution in [3.8, 4) is 0 Å². The van der Waals surface area contributed by atoms with Crippen LogP contribution in [-0.4, -0.2) is 85.6 Å². The summed E-state index contributed by atoms with van der Waals surface area (Å²) in [6.07, 6.45) is 5.12. The van der Waals surface area contributed by atoms with Crippen LogP contribution in [0.2, 0.25) is 0 Å². The molecule has 1 N–H and O–H groups in total. The van der Waals surface area contributed by atoms with E-state index in [0.717, 1.165) is 52.2 Å². The van der Waals surface area contributed by atoms with Gasteiger partial charge >= 0.3 is 0 Å². The lowest BCUT2D eigenvalue weighted by atomic mass is 9.99. The van der Waals surface area contributed by atoms with Crippen molar-refractivity contribution >= 4 is 5.91 Å². The fourth-order valence-electron chi connectivity index (χ4n) is 3.75. The first kappa shape index (κ1) is 14.3. The van der Waals surface area contributed by atoms with Gasteiger partial charge in [-0.1, -0.05) is 6.42 Å². The Morgan fingerprint density at radius 2 is 1.95 bits per heavy atom. The molecule has 20 heavy (non-hydrogen) atoms. The summed E-state index contributed by atoms with van der Waals surface area (Å²) in [4.78, 5) is 19.5. The van der Waals surface area contributed by atoms with Crippen molar-refractivity contribution in [3.05, 3.63) is 0 Å². The van der Waals surface area contributed by atoms with Gasteiger partial charge in [-0.3, -0.25) is 14.6 Å². The molecule has 0 radical (unpaired) electrons. The van der Waals surface area contributed by atoms with Crippen molar-refractivity contribution in [1.29, 1.82) is 0 Å². The van der Waals surface area contributed by atoms with Crippen LogP contribution in [0.3, 0.4) is 0 Å². The average Bonchev–Trinajstić information content (AvgIpc) is 2.76. The zero-order valence-corrected chi connectivity index (χ0v) is 12.5. The van der Waals surface area contributed by atoms with E-state index in [1.807, 2.05) is 4.90 Å². The predicted molar refractivity (Wildman–Crippen MR) is 79.7 cm³/mol. The number of carbonyl (C=O) groups excluding carboxylic acids is 1. The molecule has 5 heteroatoms. The number of rotatable bonds is 2. The van der Waals surface area contributed by atoms with Crippen molar-refractivity contribution in [1.82, 2.24) is 20.0 Å². The molecule has 0 bridgehead atoms. The van der Waals surface area contributed by atoms with Gasteiger partial charge in [0.1, 0.15) is 0 Å². The monoisotopic (exact) mass is 280 g/mol. The largest absolute Gasteiger partial charge is 0.340 e. The van der Waals surface area contributed by atoms with Crippen LogP contribution < -0.4 is 5.32 Å². The summed E-state index contributed by atoms with van der Waals surface area (Å²) in [6.45, 7) is 9.00. The zero-order valence-electron chi connectivity index (χ0n) is 12.5. The number of carbonyl (C=O) groups is 1. The SMILES string of the molecule is O=C(CN1CCN2CCCCC2C1)N1CCCNCC1. The number of amides is 1. The van der Waals surface area contributed by atoms with Crippen molar-refractivity contribution < 1.29 is 4.79 Å². The molecule has 114 valence electrons. The molecule has 1 atom stereocenters. The van der Waals surface area contributed by atoms with Crippen molar-refractivity contribution in [2.24, 2.45) is 0 Å². The Morgan fingerprint density at radius 1 is 1.00 bits per heavy atom. The van der Waals surface area contributed by atoms with E-state index in [4.69, 9.17) is 0 Å². The highest BCUT2D eigenvalue weighted by atomic mass is 16.2. The Hall–Kier alpha value is -0.650. The molecule has 1 unspecified atom stereocenters. The minimum absolute atomic E-state index is 0.331. The summed E-state index contributed by atoms with van der Waals surface area (Å²) in [5.74, 6) is 0.331. The van der Waals surface area contributed by atoms with Gasteiger partial charge in [-0.15, -0.1) is 0 Å². The fourth-order valence-corrected chi connectivity index (χ4v) is 3.75. The molecule has 0 aromatic rings. The Kier molecular flexibility index (Phi) is 4.91. The third-order valence-electron chi connectivity index (χ3n) is 4.97. The van der Waals surface area contributed by atoms with Crippen molar-refractivity contribution in [2.75, 3.05) is 58.9 Å². The number of nitrogens with zero attached hydrogens (tertiary/aromatic N) is 3. The van der Waals surface area contributed by atoms with Crippen LogP contribution >= 0.6 is 0 Å². The molecule has 3 rings (SSSR count). The summed E-state index contributed by atoms with van der Waals surface area (Å²) in [7, 11) is 0. The first-order valence-corrected chi connectivity index (χ1v) is 8.28. The van der Waals surface area contributed by atoms with E-state index in [1.165, 1.54) is 25.8 Å². The first-order chi connectivity index (χ1) is 9.83. The number of fused-ring (bicyclic) bond motifs is 1. The van der Waals surface area contributed by atoms with E-state index < -0.39 is 0 Å². The number of hydrogen-bond acceptors (Lipinski definition) is 4. The van der Waals surface area contributed by atoms with Gasteiger partial charge in [0.15, 0.2) is 0 Å². The van der Waals surface area contributed by atoms with Gasteiger partial charge in [-0.2, -0.15) is 0 Å². The van der Waals surface area contributed by atoms with E-state index >= 15 is 0 Å². The maximum Gasteiger partial charge on any atom is 0.236 e. The summed E-state index contributed by atoms with van der Waals surface area (Å²) >= 11 is 0. The summed E-state index contributed by atoms with van der Waals surface area (Å²) in [5.41, 5.74) is 0. The molecule has 3 fully saturated rings. The number of hydrogen-bond donors (Lipinski definition) is 1. The maximum atomic E-state index is 12.4. The van der Waals surface area contributed by atoms with E-state index in [0.29, 0.717) is 18.5 Å². The fraction of sp³-hybridized carbons (Fsp3) is 0.933. The molecular weight excluding hydrogens is 252 g/mol. The van der Waals surface area contributed by atoms with Crippen LogP contribution in [0.15, 0.2) is 0 Å². The second-order valence-electron chi connectivity index (χ2n) is 6.41. The lowest BCUT2D eigenvalue weighted by Gasteiger charge is -2.44. The van der Waals surface area contributed by atoms with E-state index in [-0.39, 0.29) is 0 Å². The minimum Gasteiger partial charge on any atom is -0.340 e. The molecule has 0 aromatic heterocycles. The molecule has 1 amide bonds. The van der Waals surface area contributed by atoms with Crippen molar-refractivity contribution in [3.63, 3.8) is 0 Å². The molecular formula is C15H28N4O. The van der Waals surface area contributed by atoms with Gasteiger partial charge in [0.2, 0.25) is 5.91 Å². The molecule has 3 aliphatic heterocycles. The van der Waals surface area contributed by atoms with E-state index in [2.05, 4.69) is 15.1 Å². The highest BCUT2D eigenvalue weighted by Gasteiger charge is 2.30. The lowest BCUT2D eigenvalue weighted by Crippen LogP contribution is -2.56. The molecule has 0 aliphatic carbocycles. The molecule has 3 heterocycles. The van der Waals surface area contributed by atoms with Crippen LogP contribution in [0.4, 0.5) is 0 Å². The topological polar surface area (TPSA) is 38.8 Å². The number of piperazine rings is 1. The smallest absolute Gasteiger partial charge is 0.236 e. The Labute approximate surface area is 122 Å². The summed E-state index contributed by atoms with van der Waals surface area (Å²) < 4.78 is 0. The summed E-state index contributed by atoms with van der Waals surface area (Å²) in [6, 6.07) is 0.705. The van der Waals surface area contributed by atoms with Crippen LogP contribution in [0, 0.1) is 0 Å². The van der Waals surface area contributed by atoms with Gasteiger partial charge in [0.05, 0.1) is 6.54 Å². The second kappa shape index (κ2) is 6.87. The van der Waals surface area contributed by atoms with Gasteiger partial charge in [0.25, 0.3) is 0 Å². The quantitative estimate of drug-likeness (QED) is 0.771. The van der Waals surface area contributed by atoms with Crippen LogP contribution in [-0.2, 0) is 4.79 Å². The highest BCUT2D eigenvalue weighted by Crippen LogP contribution is 2.20. The average molecular weight is 280 g/mol. The van der Waals surface area contributed by atoms with Crippen LogP contribution in [0.1, 0.15) is 25.7 Å². The normalized spacial score (nSPS) is 29.8. The number of nitrogens with one attached hydrogen (secondary N) is 1.